The minimum Gasteiger partial charge on any atom is -0.379 e. The van der Waals surface area contributed by atoms with Crippen molar-refractivity contribution in [3.05, 3.63) is 28.5 Å². The molecule has 0 radical (unpaired) electrons. The predicted octanol–water partition coefficient (Wildman–Crippen LogP) is 2.65. The molecule has 0 saturated carbocycles. The lowest BCUT2D eigenvalue weighted by molar-refractivity contribution is 0.190. The number of fused-ring (bicyclic) bond motifs is 1. The molecule has 1 aliphatic heterocycles. The summed E-state index contributed by atoms with van der Waals surface area (Å²) in [5.41, 5.74) is 8.34. The minimum absolute atomic E-state index is 0.0517. The van der Waals surface area contributed by atoms with E-state index in [-0.39, 0.29) is 12.0 Å². The molecule has 2 heterocycles. The van der Waals surface area contributed by atoms with Gasteiger partial charge in [-0.15, -0.1) is 0 Å². The van der Waals surface area contributed by atoms with Crippen LogP contribution in [-0.2, 0) is 11.3 Å². The summed E-state index contributed by atoms with van der Waals surface area (Å²) >= 11 is 3.50. The van der Waals surface area contributed by atoms with Crippen LogP contribution in [0.4, 0.5) is 0 Å². The van der Waals surface area contributed by atoms with Gasteiger partial charge in [0.05, 0.1) is 30.2 Å². The number of ether oxygens (including phenoxy) is 1. The summed E-state index contributed by atoms with van der Waals surface area (Å²) < 4.78 is 8.84. The molecule has 4 nitrogen and oxygen atoms in total. The Kier molecular flexibility index (Phi) is 3.60. The summed E-state index contributed by atoms with van der Waals surface area (Å²) in [6.45, 7) is 4.45. The number of nitrogens with zero attached hydrogens (tertiary/aromatic N) is 2. The quantitative estimate of drug-likeness (QED) is 0.944. The molecule has 1 aromatic carbocycles. The maximum Gasteiger partial charge on any atom is 0.116 e. The Hall–Kier alpha value is -0.910. The van der Waals surface area contributed by atoms with E-state index in [2.05, 4.69) is 45.6 Å². The highest BCUT2D eigenvalue weighted by Gasteiger charge is 2.30. The van der Waals surface area contributed by atoms with Crippen LogP contribution in [0.1, 0.15) is 25.1 Å². The first kappa shape index (κ1) is 13.1. The summed E-state index contributed by atoms with van der Waals surface area (Å²) in [4.78, 5) is 4.80. The molecular weight excluding hydrogens is 306 g/mol. The van der Waals surface area contributed by atoms with Gasteiger partial charge in [-0.1, -0.05) is 22.9 Å². The third-order valence-corrected chi connectivity index (χ3v) is 4.14. The fourth-order valence-electron chi connectivity index (χ4n) is 2.70. The highest BCUT2D eigenvalue weighted by atomic mass is 79.9. The Morgan fingerprint density at radius 1 is 1.47 bits per heavy atom. The van der Waals surface area contributed by atoms with E-state index in [1.807, 2.05) is 0 Å². The van der Waals surface area contributed by atoms with E-state index >= 15 is 0 Å². The van der Waals surface area contributed by atoms with Gasteiger partial charge in [0, 0.05) is 17.1 Å². The van der Waals surface area contributed by atoms with E-state index in [0.717, 1.165) is 28.8 Å². The monoisotopic (exact) mass is 323 g/mol. The standard InChI is InChI=1S/C14H18BrN3O/c1-2-5-18-13-4-3-9(15)6-12(13)17-14(18)10-7-19-8-11(10)16/h3-4,6,10-11H,2,5,7-8,16H2,1H3. The van der Waals surface area contributed by atoms with Gasteiger partial charge >= 0.3 is 0 Å². The van der Waals surface area contributed by atoms with Crippen molar-refractivity contribution in [2.75, 3.05) is 13.2 Å². The molecular formula is C14H18BrN3O. The number of hydrogen-bond donors (Lipinski definition) is 1. The second-order valence-electron chi connectivity index (χ2n) is 5.06. The van der Waals surface area contributed by atoms with Crippen LogP contribution < -0.4 is 5.73 Å². The number of aryl methyl sites for hydroxylation is 1. The van der Waals surface area contributed by atoms with Crippen LogP contribution in [-0.4, -0.2) is 28.8 Å². The molecule has 102 valence electrons. The van der Waals surface area contributed by atoms with E-state index in [4.69, 9.17) is 15.5 Å². The number of hydrogen-bond acceptors (Lipinski definition) is 3. The molecule has 0 amide bonds. The molecule has 1 aromatic heterocycles. The normalized spacial score (nSPS) is 23.3. The number of halogens is 1. The van der Waals surface area contributed by atoms with E-state index in [0.29, 0.717) is 13.2 Å². The smallest absolute Gasteiger partial charge is 0.116 e. The molecule has 2 aromatic rings. The lowest BCUT2D eigenvalue weighted by atomic mass is 10.0. The molecule has 2 N–H and O–H groups in total. The van der Waals surface area contributed by atoms with Gasteiger partial charge in [-0.25, -0.2) is 4.98 Å². The van der Waals surface area contributed by atoms with E-state index < -0.39 is 0 Å². The van der Waals surface area contributed by atoms with Crippen molar-refractivity contribution in [2.45, 2.75) is 31.8 Å². The van der Waals surface area contributed by atoms with Gasteiger partial charge < -0.3 is 15.0 Å². The summed E-state index contributed by atoms with van der Waals surface area (Å²) in [6.07, 6.45) is 1.08. The predicted molar refractivity (Wildman–Crippen MR) is 79.3 cm³/mol. The Bertz CT molecular complexity index is 596. The zero-order valence-corrected chi connectivity index (χ0v) is 12.6. The summed E-state index contributed by atoms with van der Waals surface area (Å²) in [6, 6.07) is 6.29. The van der Waals surface area contributed by atoms with E-state index in [1.165, 1.54) is 5.52 Å². The summed E-state index contributed by atoms with van der Waals surface area (Å²) in [5, 5.41) is 0. The van der Waals surface area contributed by atoms with Crippen LogP contribution >= 0.6 is 15.9 Å². The van der Waals surface area contributed by atoms with Gasteiger partial charge in [0.2, 0.25) is 0 Å². The third-order valence-electron chi connectivity index (χ3n) is 3.64. The first-order valence-corrected chi connectivity index (χ1v) is 7.49. The van der Waals surface area contributed by atoms with Crippen molar-refractivity contribution in [3.8, 4) is 0 Å². The molecule has 2 unspecified atom stereocenters. The van der Waals surface area contributed by atoms with E-state index in [1.54, 1.807) is 0 Å². The van der Waals surface area contributed by atoms with Gasteiger partial charge in [0.25, 0.3) is 0 Å². The summed E-state index contributed by atoms with van der Waals surface area (Å²) in [5.74, 6) is 1.28. The second-order valence-corrected chi connectivity index (χ2v) is 5.98. The molecule has 5 heteroatoms. The largest absolute Gasteiger partial charge is 0.379 e. The van der Waals surface area contributed by atoms with Crippen molar-refractivity contribution in [3.63, 3.8) is 0 Å². The van der Waals surface area contributed by atoms with Crippen molar-refractivity contribution >= 4 is 27.0 Å². The number of rotatable bonds is 3. The fraction of sp³-hybridized carbons (Fsp3) is 0.500. The average Bonchev–Trinajstić information content (AvgIpc) is 2.94. The van der Waals surface area contributed by atoms with Crippen LogP contribution in [0.25, 0.3) is 11.0 Å². The van der Waals surface area contributed by atoms with Crippen LogP contribution in [0, 0.1) is 0 Å². The van der Waals surface area contributed by atoms with Crippen molar-refractivity contribution in [1.29, 1.82) is 0 Å². The third kappa shape index (κ3) is 2.30. The van der Waals surface area contributed by atoms with Gasteiger partial charge in [-0.3, -0.25) is 0 Å². The molecule has 1 fully saturated rings. The molecule has 0 spiro atoms. The van der Waals surface area contributed by atoms with Gasteiger partial charge in [0.15, 0.2) is 0 Å². The molecule has 19 heavy (non-hydrogen) atoms. The highest BCUT2D eigenvalue weighted by Crippen LogP contribution is 2.29. The molecule has 0 aliphatic carbocycles. The van der Waals surface area contributed by atoms with Gasteiger partial charge in [0.1, 0.15) is 5.82 Å². The minimum atomic E-state index is 0.0517. The highest BCUT2D eigenvalue weighted by molar-refractivity contribution is 9.10. The van der Waals surface area contributed by atoms with Crippen molar-refractivity contribution < 1.29 is 4.74 Å². The first-order valence-electron chi connectivity index (χ1n) is 6.69. The maximum absolute atomic E-state index is 6.14. The van der Waals surface area contributed by atoms with E-state index in [9.17, 15) is 0 Å². The fourth-order valence-corrected chi connectivity index (χ4v) is 3.05. The molecule has 3 rings (SSSR count). The summed E-state index contributed by atoms with van der Waals surface area (Å²) in [7, 11) is 0. The Morgan fingerprint density at radius 2 is 2.32 bits per heavy atom. The zero-order valence-electron chi connectivity index (χ0n) is 11.0. The Morgan fingerprint density at radius 3 is 3.00 bits per heavy atom. The van der Waals surface area contributed by atoms with Crippen molar-refractivity contribution in [1.82, 2.24) is 9.55 Å². The van der Waals surface area contributed by atoms with Crippen LogP contribution in [0.5, 0.6) is 0 Å². The lowest BCUT2D eigenvalue weighted by Gasteiger charge is -2.15. The average molecular weight is 324 g/mol. The second kappa shape index (κ2) is 5.23. The van der Waals surface area contributed by atoms with Crippen LogP contribution in [0.15, 0.2) is 22.7 Å². The number of nitrogens with two attached hydrogens (primary N) is 1. The van der Waals surface area contributed by atoms with Crippen LogP contribution in [0.3, 0.4) is 0 Å². The maximum atomic E-state index is 6.14. The Labute approximate surface area is 121 Å². The number of imidazole rings is 1. The number of benzene rings is 1. The first-order chi connectivity index (χ1) is 9.20. The van der Waals surface area contributed by atoms with Gasteiger partial charge in [-0.05, 0) is 24.6 Å². The molecule has 1 saturated heterocycles. The van der Waals surface area contributed by atoms with Gasteiger partial charge in [-0.2, -0.15) is 0 Å². The molecule has 0 bridgehead atoms. The zero-order chi connectivity index (χ0) is 13.4. The number of aromatic nitrogens is 2. The lowest BCUT2D eigenvalue weighted by Crippen LogP contribution is -2.29. The van der Waals surface area contributed by atoms with Crippen molar-refractivity contribution in [2.24, 2.45) is 5.73 Å². The topological polar surface area (TPSA) is 53.1 Å². The Balaban J connectivity index is 2.13. The molecule has 1 aliphatic rings. The molecule has 2 atom stereocenters. The van der Waals surface area contributed by atoms with Crippen LogP contribution in [0.2, 0.25) is 0 Å². The SMILES string of the molecule is CCCn1c(C2COCC2N)nc2cc(Br)ccc21.